The highest BCUT2D eigenvalue weighted by atomic mass is 19.4. The molecule has 2 amide bonds. The summed E-state index contributed by atoms with van der Waals surface area (Å²) in [7, 11) is 0. The zero-order valence-corrected chi connectivity index (χ0v) is 10.2. The lowest BCUT2D eigenvalue weighted by molar-refractivity contribution is -0.274. The first-order valence-electron chi connectivity index (χ1n) is 5.71. The molecular weight excluding hydrogens is 273 g/mol. The van der Waals surface area contributed by atoms with Crippen LogP contribution in [0.25, 0.3) is 0 Å². The molecule has 1 N–H and O–H groups in total. The molecule has 1 aliphatic rings. The molecule has 0 atom stereocenters. The van der Waals surface area contributed by atoms with Crippen LogP contribution in [0.4, 0.5) is 23.7 Å². The second kappa shape index (κ2) is 5.68. The molecule has 4 nitrogen and oxygen atoms in total. The Morgan fingerprint density at radius 2 is 1.90 bits per heavy atom. The van der Waals surface area contributed by atoms with Crippen molar-refractivity contribution in [2.24, 2.45) is 0 Å². The maximum atomic E-state index is 12.0. The van der Waals surface area contributed by atoms with Crippen LogP contribution >= 0.6 is 0 Å². The van der Waals surface area contributed by atoms with E-state index in [4.69, 9.17) is 0 Å². The summed E-state index contributed by atoms with van der Waals surface area (Å²) in [5.74, 6) is -0.337. The lowest BCUT2D eigenvalue weighted by Gasteiger charge is -2.19. The van der Waals surface area contributed by atoms with Crippen molar-refractivity contribution in [3.05, 3.63) is 48.7 Å². The smallest absolute Gasteiger partial charge is 0.406 e. The van der Waals surface area contributed by atoms with Crippen LogP contribution in [-0.2, 0) is 0 Å². The lowest BCUT2D eigenvalue weighted by atomic mass is 10.3. The van der Waals surface area contributed by atoms with E-state index in [9.17, 15) is 18.0 Å². The van der Waals surface area contributed by atoms with E-state index in [1.54, 1.807) is 18.4 Å². The van der Waals surface area contributed by atoms with Gasteiger partial charge in [0.25, 0.3) is 0 Å². The molecule has 1 aromatic carbocycles. The number of amides is 2. The second-order valence-electron chi connectivity index (χ2n) is 3.92. The van der Waals surface area contributed by atoms with Crippen LogP contribution in [-0.4, -0.2) is 23.8 Å². The third-order valence-corrected chi connectivity index (χ3v) is 2.42. The number of hydrogen-bond donors (Lipinski definition) is 1. The minimum Gasteiger partial charge on any atom is -0.406 e. The van der Waals surface area contributed by atoms with Crippen LogP contribution in [0, 0.1) is 0 Å². The van der Waals surface area contributed by atoms with E-state index in [0.717, 1.165) is 12.1 Å². The molecule has 0 saturated heterocycles. The summed E-state index contributed by atoms with van der Waals surface area (Å²) in [5, 5.41) is 2.57. The van der Waals surface area contributed by atoms with Crippen LogP contribution in [0.5, 0.6) is 5.75 Å². The first-order valence-corrected chi connectivity index (χ1v) is 5.71. The highest BCUT2D eigenvalue weighted by Gasteiger charge is 2.30. The van der Waals surface area contributed by atoms with Gasteiger partial charge in [-0.3, -0.25) is 4.90 Å². The van der Waals surface area contributed by atoms with E-state index < -0.39 is 6.36 Å². The number of carbonyl (C=O) groups is 1. The molecule has 0 radical (unpaired) electrons. The van der Waals surface area contributed by atoms with E-state index in [0.29, 0.717) is 12.2 Å². The van der Waals surface area contributed by atoms with E-state index in [1.165, 1.54) is 17.0 Å². The molecular formula is C13H11F3N2O2. The number of alkyl halides is 3. The first kappa shape index (κ1) is 14.0. The third-order valence-electron chi connectivity index (χ3n) is 2.42. The molecule has 0 aromatic heterocycles. The first-order chi connectivity index (χ1) is 9.44. The molecule has 0 fully saturated rings. The zero-order chi connectivity index (χ0) is 14.6. The predicted molar refractivity (Wildman–Crippen MR) is 67.1 cm³/mol. The Morgan fingerprint density at radius 1 is 1.20 bits per heavy atom. The van der Waals surface area contributed by atoms with Gasteiger partial charge in [-0.2, -0.15) is 0 Å². The van der Waals surface area contributed by atoms with E-state index >= 15 is 0 Å². The quantitative estimate of drug-likeness (QED) is 0.903. The summed E-state index contributed by atoms with van der Waals surface area (Å²) in [6.07, 6.45) is 2.21. The lowest BCUT2D eigenvalue weighted by Crippen LogP contribution is -2.31. The average molecular weight is 284 g/mol. The number of halogens is 3. The van der Waals surface area contributed by atoms with Gasteiger partial charge in [-0.1, -0.05) is 12.2 Å². The van der Waals surface area contributed by atoms with E-state index in [-0.39, 0.29) is 11.8 Å². The Morgan fingerprint density at radius 3 is 2.45 bits per heavy atom. The normalized spacial score (nSPS) is 14.2. The molecule has 0 saturated carbocycles. The van der Waals surface area contributed by atoms with Crippen molar-refractivity contribution in [1.29, 1.82) is 0 Å². The van der Waals surface area contributed by atoms with Crippen LogP contribution in [0.15, 0.2) is 48.7 Å². The molecule has 0 bridgehead atoms. The van der Waals surface area contributed by atoms with Crippen LogP contribution in [0.1, 0.15) is 0 Å². The summed E-state index contributed by atoms with van der Waals surface area (Å²) in [5.41, 5.74) is 0.382. The Balaban J connectivity index is 1.95. The Labute approximate surface area is 113 Å². The fraction of sp³-hybridized carbons (Fsp3) is 0.154. The fourth-order valence-electron chi connectivity index (χ4n) is 1.55. The number of nitrogens with one attached hydrogen (secondary N) is 1. The standard InChI is InChI=1S/C13H11F3N2O2/c14-13(15,16)20-11-6-4-10(5-7-11)17-12(19)18-8-2-1-3-9-18/h1-8H,9H2,(H,17,19). The highest BCUT2D eigenvalue weighted by Crippen LogP contribution is 2.24. The fourth-order valence-corrected chi connectivity index (χ4v) is 1.55. The SMILES string of the molecule is O=C(Nc1ccc(OC(F)(F)F)cc1)N1C=CC=CC1. The molecule has 0 unspecified atom stereocenters. The zero-order valence-electron chi connectivity index (χ0n) is 10.2. The topological polar surface area (TPSA) is 41.6 Å². The maximum absolute atomic E-state index is 12.0. The van der Waals surface area contributed by atoms with Gasteiger partial charge in [0.2, 0.25) is 0 Å². The summed E-state index contributed by atoms with van der Waals surface area (Å²) >= 11 is 0. The molecule has 20 heavy (non-hydrogen) atoms. The van der Waals surface area contributed by atoms with E-state index in [2.05, 4.69) is 10.1 Å². The Kier molecular flexibility index (Phi) is 3.97. The molecule has 1 aliphatic heterocycles. The monoisotopic (exact) mass is 284 g/mol. The minimum atomic E-state index is -4.73. The molecule has 0 spiro atoms. The van der Waals surface area contributed by atoms with Crippen LogP contribution in [0.3, 0.4) is 0 Å². The summed E-state index contributed by atoms with van der Waals surface area (Å²) < 4.78 is 39.7. The van der Waals surface area contributed by atoms with Crippen molar-refractivity contribution in [3.8, 4) is 5.75 Å². The highest BCUT2D eigenvalue weighted by molar-refractivity contribution is 5.90. The van der Waals surface area contributed by atoms with Crippen LogP contribution in [0.2, 0.25) is 0 Å². The molecule has 106 valence electrons. The molecule has 1 aromatic rings. The summed E-state index contributed by atoms with van der Waals surface area (Å²) in [6.45, 7) is 0.442. The van der Waals surface area contributed by atoms with Gasteiger partial charge in [-0.25, -0.2) is 4.79 Å². The number of rotatable bonds is 2. The van der Waals surface area contributed by atoms with Crippen molar-refractivity contribution in [1.82, 2.24) is 4.90 Å². The average Bonchev–Trinajstić information content (AvgIpc) is 2.40. The van der Waals surface area contributed by atoms with Crippen molar-refractivity contribution < 1.29 is 22.7 Å². The van der Waals surface area contributed by atoms with Gasteiger partial charge >= 0.3 is 12.4 Å². The predicted octanol–water partition coefficient (Wildman–Crippen LogP) is 3.50. The molecule has 1 heterocycles. The summed E-state index contributed by atoms with van der Waals surface area (Å²) in [6, 6.07) is 4.57. The van der Waals surface area contributed by atoms with E-state index in [1.807, 2.05) is 6.08 Å². The number of allylic oxidation sites excluding steroid dienone is 2. The minimum absolute atomic E-state index is 0.337. The maximum Gasteiger partial charge on any atom is 0.573 e. The number of carbonyl (C=O) groups excluding carboxylic acids is 1. The Bertz CT molecular complexity index is 536. The Hall–Kier alpha value is -2.44. The molecule has 2 rings (SSSR count). The number of urea groups is 1. The van der Waals surface area contributed by atoms with Gasteiger partial charge in [0.1, 0.15) is 5.75 Å². The van der Waals surface area contributed by atoms with Crippen molar-refractivity contribution >= 4 is 11.7 Å². The third kappa shape index (κ3) is 4.04. The number of benzene rings is 1. The summed E-state index contributed by atoms with van der Waals surface area (Å²) in [4.78, 5) is 13.2. The number of hydrogen-bond acceptors (Lipinski definition) is 2. The van der Waals surface area contributed by atoms with Gasteiger partial charge in [-0.05, 0) is 30.3 Å². The number of anilines is 1. The van der Waals surface area contributed by atoms with Gasteiger partial charge in [0, 0.05) is 18.4 Å². The van der Waals surface area contributed by atoms with Crippen molar-refractivity contribution in [2.45, 2.75) is 6.36 Å². The largest absolute Gasteiger partial charge is 0.573 e. The number of ether oxygens (including phenoxy) is 1. The molecule has 7 heteroatoms. The van der Waals surface area contributed by atoms with Gasteiger partial charge in [0.05, 0.1) is 0 Å². The van der Waals surface area contributed by atoms with Crippen LogP contribution < -0.4 is 10.1 Å². The second-order valence-corrected chi connectivity index (χ2v) is 3.92. The van der Waals surface area contributed by atoms with Gasteiger partial charge in [0.15, 0.2) is 0 Å². The van der Waals surface area contributed by atoms with Gasteiger partial charge in [-0.15, -0.1) is 13.2 Å². The molecule has 0 aliphatic carbocycles. The van der Waals surface area contributed by atoms with Crippen molar-refractivity contribution in [3.63, 3.8) is 0 Å². The number of nitrogens with zero attached hydrogens (tertiary/aromatic N) is 1. The van der Waals surface area contributed by atoms with Crippen molar-refractivity contribution in [2.75, 3.05) is 11.9 Å². The van der Waals surface area contributed by atoms with Gasteiger partial charge < -0.3 is 10.1 Å².